The average molecular weight is 149 g/mol. The molecule has 2 heteroatoms. The van der Waals surface area contributed by atoms with Gasteiger partial charge in [-0.05, 0) is 11.4 Å². The summed E-state index contributed by atoms with van der Waals surface area (Å²) in [4.78, 5) is 3.63. The molecule has 0 aromatic carbocycles. The Hall–Kier alpha value is -0.810. The van der Waals surface area contributed by atoms with Crippen LogP contribution in [-0.2, 0) is 5.54 Å². The first kappa shape index (κ1) is 5.94. The van der Waals surface area contributed by atoms with Crippen molar-refractivity contribution in [3.05, 3.63) is 33.8 Å². The summed E-state index contributed by atoms with van der Waals surface area (Å²) in [6, 6.07) is 2.07. The molecule has 1 heterocycles. The van der Waals surface area contributed by atoms with Gasteiger partial charge in [0, 0.05) is 23.8 Å². The number of nitrogens with zero attached hydrogens (tertiary/aromatic N) is 1. The minimum absolute atomic E-state index is 0.0833. The van der Waals surface area contributed by atoms with E-state index in [9.17, 15) is 0 Å². The van der Waals surface area contributed by atoms with Crippen molar-refractivity contribution < 1.29 is 0 Å². The highest BCUT2D eigenvalue weighted by Gasteiger charge is 2.52. The molecule has 0 spiro atoms. The van der Waals surface area contributed by atoms with Gasteiger partial charge in [0.15, 0.2) is 0 Å². The summed E-state index contributed by atoms with van der Waals surface area (Å²) < 4.78 is 0. The number of rotatable bonds is 1. The minimum atomic E-state index is -0.0833. The zero-order valence-electron chi connectivity index (χ0n) is 5.50. The minimum Gasteiger partial charge on any atom is -0.305 e. The first-order valence-corrected chi connectivity index (χ1v) is 4.23. The van der Waals surface area contributed by atoms with Crippen LogP contribution < -0.4 is 0 Å². The molecule has 50 valence electrons. The fraction of sp³-hybridized carbons (Fsp3) is 0.375. The van der Waals surface area contributed by atoms with Crippen molar-refractivity contribution >= 4 is 11.3 Å². The predicted molar refractivity (Wildman–Crippen MR) is 41.8 cm³/mol. The fourth-order valence-electron chi connectivity index (χ4n) is 1.11. The SMILES string of the molecule is [C-]#[N+]C1(c2ccsc2)CC1. The van der Waals surface area contributed by atoms with Gasteiger partial charge in [-0.3, -0.25) is 0 Å². The molecule has 0 saturated heterocycles. The van der Waals surface area contributed by atoms with E-state index in [0.29, 0.717) is 0 Å². The number of hydrogen-bond donors (Lipinski definition) is 0. The standard InChI is InChI=1S/C8H7NS/c1-9-8(3-4-8)7-2-5-10-6-7/h2,5-6H,3-4H2. The maximum atomic E-state index is 6.97. The summed E-state index contributed by atoms with van der Waals surface area (Å²) >= 11 is 1.68. The molecule has 1 fully saturated rings. The van der Waals surface area contributed by atoms with Gasteiger partial charge in [0.1, 0.15) is 0 Å². The monoisotopic (exact) mass is 149 g/mol. The summed E-state index contributed by atoms with van der Waals surface area (Å²) in [6.45, 7) is 6.97. The summed E-state index contributed by atoms with van der Waals surface area (Å²) in [5, 5.41) is 4.13. The zero-order valence-corrected chi connectivity index (χ0v) is 6.32. The average Bonchev–Trinajstić information content (AvgIpc) is 2.58. The lowest BCUT2D eigenvalue weighted by Gasteiger charge is -1.94. The summed E-state index contributed by atoms with van der Waals surface area (Å²) in [5.74, 6) is 0. The molecule has 10 heavy (non-hydrogen) atoms. The van der Waals surface area contributed by atoms with Crippen molar-refractivity contribution in [1.82, 2.24) is 0 Å². The van der Waals surface area contributed by atoms with E-state index in [1.165, 1.54) is 5.56 Å². The van der Waals surface area contributed by atoms with Crippen molar-refractivity contribution in [1.29, 1.82) is 0 Å². The first-order valence-electron chi connectivity index (χ1n) is 3.29. The first-order chi connectivity index (χ1) is 4.87. The molecule has 0 bridgehead atoms. The lowest BCUT2D eigenvalue weighted by molar-refractivity contribution is 0.891. The van der Waals surface area contributed by atoms with Crippen LogP contribution in [0.4, 0.5) is 0 Å². The zero-order chi connectivity index (χ0) is 7.03. The molecular weight excluding hydrogens is 142 g/mol. The summed E-state index contributed by atoms with van der Waals surface area (Å²) in [5.41, 5.74) is 1.15. The lowest BCUT2D eigenvalue weighted by Crippen LogP contribution is -1.95. The molecule has 1 nitrogen and oxygen atoms in total. The van der Waals surface area contributed by atoms with Crippen LogP contribution in [0, 0.1) is 6.57 Å². The van der Waals surface area contributed by atoms with Crippen LogP contribution in [0.1, 0.15) is 18.4 Å². The van der Waals surface area contributed by atoms with E-state index in [2.05, 4.69) is 16.3 Å². The second kappa shape index (κ2) is 1.83. The molecule has 0 aliphatic heterocycles. The van der Waals surface area contributed by atoms with Crippen molar-refractivity contribution in [2.75, 3.05) is 0 Å². The van der Waals surface area contributed by atoms with Gasteiger partial charge in [0.25, 0.3) is 5.54 Å². The van der Waals surface area contributed by atoms with E-state index in [1.807, 2.05) is 5.38 Å². The number of thiophene rings is 1. The van der Waals surface area contributed by atoms with E-state index in [4.69, 9.17) is 6.57 Å². The topological polar surface area (TPSA) is 4.36 Å². The van der Waals surface area contributed by atoms with E-state index < -0.39 is 0 Å². The number of hydrogen-bond acceptors (Lipinski definition) is 1. The van der Waals surface area contributed by atoms with E-state index in [-0.39, 0.29) is 5.54 Å². The van der Waals surface area contributed by atoms with Crippen LogP contribution in [-0.4, -0.2) is 0 Å². The third-order valence-corrected chi connectivity index (χ3v) is 2.68. The van der Waals surface area contributed by atoms with Crippen molar-refractivity contribution in [3.63, 3.8) is 0 Å². The van der Waals surface area contributed by atoms with Crippen molar-refractivity contribution in [3.8, 4) is 0 Å². The van der Waals surface area contributed by atoms with E-state index >= 15 is 0 Å². The molecule has 1 aliphatic rings. The molecule has 1 aromatic heterocycles. The lowest BCUT2D eigenvalue weighted by atomic mass is 10.1. The Morgan fingerprint density at radius 3 is 2.80 bits per heavy atom. The molecule has 0 unspecified atom stereocenters. The second-order valence-electron chi connectivity index (χ2n) is 2.66. The van der Waals surface area contributed by atoms with Gasteiger partial charge in [0.05, 0.1) is 0 Å². The Morgan fingerprint density at radius 2 is 2.40 bits per heavy atom. The van der Waals surface area contributed by atoms with Gasteiger partial charge in [0.2, 0.25) is 0 Å². The highest BCUT2D eigenvalue weighted by atomic mass is 32.1. The van der Waals surface area contributed by atoms with Crippen LogP contribution in [0.2, 0.25) is 0 Å². The molecule has 0 N–H and O–H groups in total. The molecule has 2 rings (SSSR count). The smallest absolute Gasteiger partial charge is 0.259 e. The third-order valence-electron chi connectivity index (χ3n) is 2.00. The highest BCUT2D eigenvalue weighted by molar-refractivity contribution is 7.08. The summed E-state index contributed by atoms with van der Waals surface area (Å²) in [6.07, 6.45) is 2.13. The Morgan fingerprint density at radius 1 is 1.60 bits per heavy atom. The van der Waals surface area contributed by atoms with Gasteiger partial charge in [-0.1, -0.05) is 0 Å². The molecule has 0 amide bonds. The van der Waals surface area contributed by atoms with Gasteiger partial charge < -0.3 is 4.85 Å². The predicted octanol–water partition coefficient (Wildman–Crippen LogP) is 2.66. The maximum Gasteiger partial charge on any atom is 0.259 e. The Kier molecular flexibility index (Phi) is 1.09. The fourth-order valence-corrected chi connectivity index (χ4v) is 1.86. The molecule has 1 aliphatic carbocycles. The third kappa shape index (κ3) is 0.676. The Bertz CT molecular complexity index is 264. The largest absolute Gasteiger partial charge is 0.305 e. The van der Waals surface area contributed by atoms with Crippen LogP contribution >= 0.6 is 11.3 Å². The second-order valence-corrected chi connectivity index (χ2v) is 3.44. The maximum absolute atomic E-state index is 6.97. The van der Waals surface area contributed by atoms with Gasteiger partial charge in [-0.25, -0.2) is 6.57 Å². The van der Waals surface area contributed by atoms with Gasteiger partial charge in [-0.15, -0.1) is 0 Å². The van der Waals surface area contributed by atoms with Crippen LogP contribution in [0.15, 0.2) is 16.8 Å². The normalized spacial score (nSPS) is 19.9. The Labute approximate surface area is 64.1 Å². The van der Waals surface area contributed by atoms with E-state index in [0.717, 1.165) is 12.8 Å². The Balaban J connectivity index is 2.38. The van der Waals surface area contributed by atoms with Crippen LogP contribution in [0.5, 0.6) is 0 Å². The van der Waals surface area contributed by atoms with Crippen LogP contribution in [0.3, 0.4) is 0 Å². The molecule has 0 radical (unpaired) electrons. The molecular formula is C8H7NS. The van der Waals surface area contributed by atoms with Crippen LogP contribution in [0.25, 0.3) is 4.85 Å². The molecule has 1 aromatic rings. The molecule has 0 atom stereocenters. The summed E-state index contributed by atoms with van der Waals surface area (Å²) in [7, 11) is 0. The van der Waals surface area contributed by atoms with Crippen molar-refractivity contribution in [2.45, 2.75) is 18.4 Å². The van der Waals surface area contributed by atoms with Gasteiger partial charge >= 0.3 is 0 Å². The molecule has 1 saturated carbocycles. The van der Waals surface area contributed by atoms with Gasteiger partial charge in [-0.2, -0.15) is 11.3 Å². The quantitative estimate of drug-likeness (QED) is 0.541. The van der Waals surface area contributed by atoms with Crippen molar-refractivity contribution in [2.24, 2.45) is 0 Å². The highest BCUT2D eigenvalue weighted by Crippen LogP contribution is 2.49. The van der Waals surface area contributed by atoms with E-state index in [1.54, 1.807) is 11.3 Å².